The van der Waals surface area contributed by atoms with E-state index in [9.17, 15) is 21.6 Å². The zero-order chi connectivity index (χ0) is 11.4. The summed E-state index contributed by atoms with van der Waals surface area (Å²) < 4.78 is 59.5. The standard InChI is InChI=1S/C5H11F3N2O3S/c1-4(2-11)10-14(12,13)9-3-5(6,7)8/h4,9-11H,2-3H2,1H3/t4-/m1/s1. The van der Waals surface area contributed by atoms with Crippen LogP contribution in [0.5, 0.6) is 0 Å². The van der Waals surface area contributed by atoms with E-state index in [2.05, 4.69) is 0 Å². The van der Waals surface area contributed by atoms with Crippen LogP contribution >= 0.6 is 0 Å². The molecular weight excluding hydrogens is 225 g/mol. The molecule has 0 aromatic heterocycles. The van der Waals surface area contributed by atoms with E-state index in [-0.39, 0.29) is 0 Å². The first-order chi connectivity index (χ1) is 6.16. The minimum Gasteiger partial charge on any atom is -0.395 e. The van der Waals surface area contributed by atoms with Gasteiger partial charge in [-0.15, -0.1) is 0 Å². The van der Waals surface area contributed by atoms with Gasteiger partial charge in [0.15, 0.2) is 0 Å². The fraction of sp³-hybridized carbons (Fsp3) is 1.00. The fourth-order valence-electron chi connectivity index (χ4n) is 0.521. The number of hydrogen-bond acceptors (Lipinski definition) is 3. The van der Waals surface area contributed by atoms with Gasteiger partial charge >= 0.3 is 6.18 Å². The summed E-state index contributed by atoms with van der Waals surface area (Å²) in [7, 11) is -4.21. The molecule has 0 amide bonds. The van der Waals surface area contributed by atoms with Crippen LogP contribution in [0.2, 0.25) is 0 Å². The third-order valence-electron chi connectivity index (χ3n) is 1.09. The molecule has 86 valence electrons. The van der Waals surface area contributed by atoms with Crippen LogP contribution in [-0.2, 0) is 10.2 Å². The van der Waals surface area contributed by atoms with Gasteiger partial charge in [0.05, 0.1) is 6.61 Å². The van der Waals surface area contributed by atoms with Gasteiger partial charge in [0.2, 0.25) is 0 Å². The average molecular weight is 236 g/mol. The van der Waals surface area contributed by atoms with E-state index in [1.54, 1.807) is 4.72 Å². The van der Waals surface area contributed by atoms with Crippen LogP contribution in [-0.4, -0.2) is 38.9 Å². The number of aliphatic hydroxyl groups is 1. The number of nitrogens with one attached hydrogen (secondary N) is 2. The highest BCUT2D eigenvalue weighted by molar-refractivity contribution is 7.87. The Labute approximate surface area is 79.5 Å². The van der Waals surface area contributed by atoms with Crippen molar-refractivity contribution in [1.82, 2.24) is 9.44 Å². The second-order valence-corrected chi connectivity index (χ2v) is 4.17. The summed E-state index contributed by atoms with van der Waals surface area (Å²) in [6.45, 7) is -0.819. The first kappa shape index (κ1) is 13.6. The Kier molecular flexibility index (Phi) is 4.78. The number of alkyl halides is 3. The molecule has 0 unspecified atom stereocenters. The Hall–Kier alpha value is -0.380. The number of hydrogen-bond donors (Lipinski definition) is 3. The fourth-order valence-corrected chi connectivity index (χ4v) is 1.56. The summed E-state index contributed by atoms with van der Waals surface area (Å²) in [4.78, 5) is 0. The summed E-state index contributed by atoms with van der Waals surface area (Å²) in [6, 6.07) is -0.833. The van der Waals surface area contributed by atoms with E-state index < -0.39 is 35.6 Å². The van der Waals surface area contributed by atoms with Gasteiger partial charge in [0.1, 0.15) is 6.54 Å². The van der Waals surface area contributed by atoms with E-state index in [0.29, 0.717) is 0 Å². The number of rotatable bonds is 5. The summed E-state index contributed by atoms with van der Waals surface area (Å²) in [5, 5.41) is 8.45. The molecule has 0 saturated heterocycles. The molecule has 0 aliphatic heterocycles. The molecule has 0 radical (unpaired) electrons. The SMILES string of the molecule is C[C@H](CO)NS(=O)(=O)NCC(F)(F)F. The normalized spacial score (nSPS) is 15.5. The van der Waals surface area contributed by atoms with E-state index in [4.69, 9.17) is 5.11 Å². The lowest BCUT2D eigenvalue weighted by Gasteiger charge is -2.13. The zero-order valence-corrected chi connectivity index (χ0v) is 8.11. The third-order valence-corrected chi connectivity index (χ3v) is 2.33. The lowest BCUT2D eigenvalue weighted by Crippen LogP contribution is -2.45. The van der Waals surface area contributed by atoms with E-state index in [1.165, 1.54) is 11.6 Å². The summed E-state index contributed by atoms with van der Waals surface area (Å²) in [6.07, 6.45) is -4.60. The van der Waals surface area contributed by atoms with Gasteiger partial charge in [-0.2, -0.15) is 31.0 Å². The zero-order valence-electron chi connectivity index (χ0n) is 7.30. The minimum absolute atomic E-state index is 0.493. The smallest absolute Gasteiger partial charge is 0.395 e. The van der Waals surface area contributed by atoms with Crippen LogP contribution in [0.1, 0.15) is 6.92 Å². The minimum atomic E-state index is -4.60. The van der Waals surface area contributed by atoms with Gasteiger partial charge in [-0.05, 0) is 6.92 Å². The molecule has 0 aromatic carbocycles. The van der Waals surface area contributed by atoms with Crippen molar-refractivity contribution >= 4 is 10.2 Å². The molecule has 5 nitrogen and oxygen atoms in total. The van der Waals surface area contributed by atoms with Gasteiger partial charge in [-0.1, -0.05) is 0 Å². The predicted octanol–water partition coefficient (Wildman–Crippen LogP) is -0.647. The topological polar surface area (TPSA) is 78.4 Å². The van der Waals surface area contributed by atoms with Gasteiger partial charge in [-0.25, -0.2) is 0 Å². The lowest BCUT2D eigenvalue weighted by molar-refractivity contribution is -0.121. The highest BCUT2D eigenvalue weighted by atomic mass is 32.2. The Morgan fingerprint density at radius 3 is 2.29 bits per heavy atom. The number of aliphatic hydroxyl groups excluding tert-OH is 1. The van der Waals surface area contributed by atoms with Crippen LogP contribution in [0.4, 0.5) is 13.2 Å². The van der Waals surface area contributed by atoms with Crippen LogP contribution in [0, 0.1) is 0 Å². The van der Waals surface area contributed by atoms with Crippen molar-refractivity contribution in [2.75, 3.05) is 13.2 Å². The molecule has 0 rings (SSSR count). The van der Waals surface area contributed by atoms with Gasteiger partial charge in [-0.3, -0.25) is 0 Å². The second-order valence-electron chi connectivity index (χ2n) is 2.64. The molecule has 0 fully saturated rings. The maximum Gasteiger partial charge on any atom is 0.402 e. The molecule has 1 atom stereocenters. The summed E-state index contributed by atoms with van der Waals surface area (Å²) in [5.74, 6) is 0. The van der Waals surface area contributed by atoms with Crippen molar-refractivity contribution in [1.29, 1.82) is 0 Å². The van der Waals surface area contributed by atoms with Crippen LogP contribution in [0.3, 0.4) is 0 Å². The molecular formula is C5H11F3N2O3S. The molecule has 0 aromatic rings. The van der Waals surface area contributed by atoms with E-state index >= 15 is 0 Å². The Balaban J connectivity index is 4.10. The van der Waals surface area contributed by atoms with Crippen LogP contribution in [0.15, 0.2) is 0 Å². The van der Waals surface area contributed by atoms with Crippen molar-refractivity contribution in [3.63, 3.8) is 0 Å². The largest absolute Gasteiger partial charge is 0.402 e. The van der Waals surface area contributed by atoms with Gasteiger partial charge < -0.3 is 5.11 Å². The quantitative estimate of drug-likeness (QED) is 0.593. The van der Waals surface area contributed by atoms with Crippen LogP contribution < -0.4 is 9.44 Å². The highest BCUT2D eigenvalue weighted by Gasteiger charge is 2.29. The first-order valence-electron chi connectivity index (χ1n) is 3.61. The molecule has 0 aliphatic rings. The van der Waals surface area contributed by atoms with Gasteiger partial charge in [0.25, 0.3) is 10.2 Å². The second kappa shape index (κ2) is 4.91. The van der Waals surface area contributed by atoms with E-state index in [0.717, 1.165) is 0 Å². The maximum absolute atomic E-state index is 11.6. The average Bonchev–Trinajstić information content (AvgIpc) is 1.99. The molecule has 0 aliphatic carbocycles. The maximum atomic E-state index is 11.6. The Bertz CT molecular complexity index is 264. The molecule has 0 spiro atoms. The molecule has 3 N–H and O–H groups in total. The van der Waals surface area contributed by atoms with Crippen molar-refractivity contribution in [3.8, 4) is 0 Å². The third kappa shape index (κ3) is 7.06. The molecule has 14 heavy (non-hydrogen) atoms. The lowest BCUT2D eigenvalue weighted by atomic mass is 10.4. The molecule has 0 bridgehead atoms. The van der Waals surface area contributed by atoms with Crippen molar-refractivity contribution in [2.45, 2.75) is 19.1 Å². The molecule has 0 saturated carbocycles. The summed E-state index contributed by atoms with van der Waals surface area (Å²) in [5.41, 5.74) is 0. The van der Waals surface area contributed by atoms with E-state index in [1.807, 2.05) is 0 Å². The molecule has 9 heteroatoms. The number of halogens is 3. The first-order valence-corrected chi connectivity index (χ1v) is 5.09. The highest BCUT2D eigenvalue weighted by Crippen LogP contribution is 2.12. The Morgan fingerprint density at radius 1 is 1.43 bits per heavy atom. The van der Waals surface area contributed by atoms with Gasteiger partial charge in [0, 0.05) is 6.04 Å². The Morgan fingerprint density at radius 2 is 1.93 bits per heavy atom. The monoisotopic (exact) mass is 236 g/mol. The molecule has 0 heterocycles. The summed E-state index contributed by atoms with van der Waals surface area (Å²) >= 11 is 0. The van der Waals surface area contributed by atoms with Crippen molar-refractivity contribution < 1.29 is 26.7 Å². The van der Waals surface area contributed by atoms with Crippen molar-refractivity contribution in [3.05, 3.63) is 0 Å². The predicted molar refractivity (Wildman–Crippen MR) is 42.7 cm³/mol. The van der Waals surface area contributed by atoms with Crippen molar-refractivity contribution in [2.24, 2.45) is 0 Å². The van der Waals surface area contributed by atoms with Crippen LogP contribution in [0.25, 0.3) is 0 Å².